The number of rotatable bonds is 4. The van der Waals surface area contributed by atoms with Crippen molar-refractivity contribution in [3.05, 3.63) is 32.7 Å². The van der Waals surface area contributed by atoms with Crippen LogP contribution in [0, 0.1) is 0 Å². The molecule has 1 heterocycles. The predicted molar refractivity (Wildman–Crippen MR) is 91.9 cm³/mol. The minimum atomic E-state index is 0.306. The van der Waals surface area contributed by atoms with Crippen molar-refractivity contribution in [2.45, 2.75) is 25.9 Å². The topological polar surface area (TPSA) is 32.5 Å². The average molecular weight is 405 g/mol. The van der Waals surface area contributed by atoms with E-state index in [1.807, 2.05) is 0 Å². The molecule has 0 radical (unpaired) electrons. The fraction of sp³-hybridized carbons (Fsp3) is 0.600. The second kappa shape index (κ2) is 7.36. The number of halogens is 2. The zero-order valence-electron chi connectivity index (χ0n) is 12.1. The Bertz CT molecular complexity index is 453. The monoisotopic (exact) mass is 403 g/mol. The number of hydrogen-bond donors (Lipinski definition) is 1. The summed E-state index contributed by atoms with van der Waals surface area (Å²) in [6, 6.07) is 7.35. The molecule has 0 spiro atoms. The number of piperazine rings is 1. The van der Waals surface area contributed by atoms with Gasteiger partial charge in [-0.2, -0.15) is 0 Å². The predicted octanol–water partition coefficient (Wildman–Crippen LogP) is 3.24. The number of hydrogen-bond acceptors (Lipinski definition) is 3. The molecule has 0 aromatic heterocycles. The SMILES string of the molecule is CCN1CCN(C(CN)c2ccc(Br)c(Br)c2)CC1C. The molecule has 2 N–H and O–H groups in total. The molecule has 1 saturated heterocycles. The highest BCUT2D eigenvalue weighted by Crippen LogP contribution is 2.29. The van der Waals surface area contributed by atoms with Gasteiger partial charge in [0.25, 0.3) is 0 Å². The largest absolute Gasteiger partial charge is 0.329 e. The van der Waals surface area contributed by atoms with Crippen molar-refractivity contribution < 1.29 is 0 Å². The smallest absolute Gasteiger partial charge is 0.0472 e. The third-order valence-electron chi connectivity index (χ3n) is 4.20. The summed E-state index contributed by atoms with van der Waals surface area (Å²) in [7, 11) is 0. The Balaban J connectivity index is 2.14. The van der Waals surface area contributed by atoms with Crippen LogP contribution in [-0.2, 0) is 0 Å². The molecule has 0 bridgehead atoms. The fourth-order valence-corrected chi connectivity index (χ4v) is 3.64. The van der Waals surface area contributed by atoms with Gasteiger partial charge < -0.3 is 5.73 Å². The summed E-state index contributed by atoms with van der Waals surface area (Å²) in [4.78, 5) is 5.05. The van der Waals surface area contributed by atoms with Gasteiger partial charge in [0.2, 0.25) is 0 Å². The van der Waals surface area contributed by atoms with Gasteiger partial charge in [-0.05, 0) is 63.0 Å². The normalized spacial score (nSPS) is 22.9. The summed E-state index contributed by atoms with van der Waals surface area (Å²) in [5, 5.41) is 0. The lowest BCUT2D eigenvalue weighted by molar-refractivity contribution is 0.0606. The molecule has 0 amide bonds. The molecule has 0 saturated carbocycles. The standard InChI is InChI=1S/C15H23Br2N3/c1-3-19-6-7-20(10-11(19)2)15(9-18)12-4-5-13(16)14(17)8-12/h4-5,8,11,15H,3,6-7,9-10,18H2,1-2H3. The van der Waals surface area contributed by atoms with Crippen LogP contribution in [0.1, 0.15) is 25.5 Å². The van der Waals surface area contributed by atoms with Crippen LogP contribution >= 0.6 is 31.9 Å². The minimum Gasteiger partial charge on any atom is -0.329 e. The van der Waals surface area contributed by atoms with E-state index >= 15 is 0 Å². The summed E-state index contributed by atoms with van der Waals surface area (Å²) in [6.45, 7) is 9.64. The molecule has 2 unspecified atom stereocenters. The van der Waals surface area contributed by atoms with Crippen molar-refractivity contribution in [1.29, 1.82) is 0 Å². The molecule has 20 heavy (non-hydrogen) atoms. The molecule has 0 aliphatic carbocycles. The van der Waals surface area contributed by atoms with E-state index < -0.39 is 0 Å². The van der Waals surface area contributed by atoms with Gasteiger partial charge in [0, 0.05) is 47.2 Å². The summed E-state index contributed by atoms with van der Waals surface area (Å²) in [5.74, 6) is 0. The van der Waals surface area contributed by atoms with Gasteiger partial charge in [-0.1, -0.05) is 13.0 Å². The molecule has 1 aromatic carbocycles. The molecular formula is C15H23Br2N3. The van der Waals surface area contributed by atoms with E-state index in [4.69, 9.17) is 5.73 Å². The first-order valence-corrected chi connectivity index (χ1v) is 8.78. The van der Waals surface area contributed by atoms with E-state index in [0.717, 1.165) is 35.1 Å². The summed E-state index contributed by atoms with van der Waals surface area (Å²) >= 11 is 7.11. The third-order valence-corrected chi connectivity index (χ3v) is 6.07. The molecular weight excluding hydrogens is 382 g/mol. The van der Waals surface area contributed by atoms with Gasteiger partial charge in [-0.3, -0.25) is 9.80 Å². The van der Waals surface area contributed by atoms with E-state index in [2.05, 4.69) is 73.7 Å². The second-order valence-corrected chi connectivity index (χ2v) is 7.11. The van der Waals surface area contributed by atoms with E-state index in [9.17, 15) is 0 Å². The van der Waals surface area contributed by atoms with Gasteiger partial charge >= 0.3 is 0 Å². The molecule has 112 valence electrons. The molecule has 1 aliphatic rings. The van der Waals surface area contributed by atoms with Crippen molar-refractivity contribution in [1.82, 2.24) is 9.80 Å². The molecule has 3 nitrogen and oxygen atoms in total. The Labute approximate surface area is 138 Å². The lowest BCUT2D eigenvalue weighted by Gasteiger charge is -2.43. The minimum absolute atomic E-state index is 0.306. The van der Waals surface area contributed by atoms with Crippen LogP contribution < -0.4 is 5.73 Å². The van der Waals surface area contributed by atoms with Crippen molar-refractivity contribution in [3.63, 3.8) is 0 Å². The Morgan fingerprint density at radius 3 is 2.60 bits per heavy atom. The first kappa shape index (κ1) is 16.4. The Hall–Kier alpha value is 0.0600. The molecule has 2 rings (SSSR count). The van der Waals surface area contributed by atoms with Crippen LogP contribution in [0.5, 0.6) is 0 Å². The number of benzene rings is 1. The second-order valence-electron chi connectivity index (χ2n) is 5.40. The zero-order chi connectivity index (χ0) is 14.7. The zero-order valence-corrected chi connectivity index (χ0v) is 15.3. The third kappa shape index (κ3) is 3.63. The number of nitrogens with two attached hydrogens (primary N) is 1. The van der Waals surface area contributed by atoms with Crippen LogP contribution in [0.25, 0.3) is 0 Å². The molecule has 1 fully saturated rings. The van der Waals surface area contributed by atoms with Gasteiger partial charge in [0.1, 0.15) is 0 Å². The van der Waals surface area contributed by atoms with Crippen molar-refractivity contribution in [2.24, 2.45) is 5.73 Å². The highest BCUT2D eigenvalue weighted by molar-refractivity contribution is 9.13. The van der Waals surface area contributed by atoms with Gasteiger partial charge in [0.05, 0.1) is 0 Å². The molecule has 1 aromatic rings. The first-order chi connectivity index (χ1) is 9.56. The van der Waals surface area contributed by atoms with Crippen LogP contribution in [0.4, 0.5) is 0 Å². The van der Waals surface area contributed by atoms with Crippen LogP contribution in [-0.4, -0.2) is 48.6 Å². The fourth-order valence-electron chi connectivity index (χ4n) is 2.99. The van der Waals surface area contributed by atoms with E-state index in [1.54, 1.807) is 0 Å². The molecule has 5 heteroatoms. The lowest BCUT2D eigenvalue weighted by Crippen LogP contribution is -2.53. The highest BCUT2D eigenvalue weighted by Gasteiger charge is 2.27. The first-order valence-electron chi connectivity index (χ1n) is 7.20. The Morgan fingerprint density at radius 2 is 2.05 bits per heavy atom. The van der Waals surface area contributed by atoms with Crippen LogP contribution in [0.15, 0.2) is 27.1 Å². The quantitative estimate of drug-likeness (QED) is 0.835. The van der Waals surface area contributed by atoms with Crippen LogP contribution in [0.3, 0.4) is 0 Å². The van der Waals surface area contributed by atoms with Crippen molar-refractivity contribution >= 4 is 31.9 Å². The summed E-state index contributed by atoms with van der Waals surface area (Å²) in [5.41, 5.74) is 7.35. The van der Waals surface area contributed by atoms with Gasteiger partial charge in [0.15, 0.2) is 0 Å². The molecule has 2 atom stereocenters. The van der Waals surface area contributed by atoms with E-state index in [-0.39, 0.29) is 0 Å². The summed E-state index contributed by atoms with van der Waals surface area (Å²) < 4.78 is 2.18. The van der Waals surface area contributed by atoms with Crippen molar-refractivity contribution in [3.8, 4) is 0 Å². The Morgan fingerprint density at radius 1 is 1.30 bits per heavy atom. The maximum absolute atomic E-state index is 6.05. The molecule has 1 aliphatic heterocycles. The maximum atomic E-state index is 6.05. The number of nitrogens with zero attached hydrogens (tertiary/aromatic N) is 2. The average Bonchev–Trinajstić information content (AvgIpc) is 2.44. The summed E-state index contributed by atoms with van der Waals surface area (Å²) in [6.07, 6.45) is 0. The van der Waals surface area contributed by atoms with Gasteiger partial charge in [-0.15, -0.1) is 0 Å². The highest BCUT2D eigenvalue weighted by atomic mass is 79.9. The van der Waals surface area contributed by atoms with Crippen molar-refractivity contribution in [2.75, 3.05) is 32.7 Å². The maximum Gasteiger partial charge on any atom is 0.0472 e. The number of likely N-dealkylation sites (N-methyl/N-ethyl adjacent to an activating group) is 1. The van der Waals surface area contributed by atoms with Gasteiger partial charge in [-0.25, -0.2) is 0 Å². The Kier molecular flexibility index (Phi) is 6.05. The lowest BCUT2D eigenvalue weighted by atomic mass is 10.0. The van der Waals surface area contributed by atoms with E-state index in [0.29, 0.717) is 18.6 Å². The van der Waals surface area contributed by atoms with Crippen LogP contribution in [0.2, 0.25) is 0 Å². The van der Waals surface area contributed by atoms with E-state index in [1.165, 1.54) is 5.56 Å².